The number of hydrogen-bond acceptors (Lipinski definition) is 1. The monoisotopic (exact) mass is 266 g/mol. The van der Waals surface area contributed by atoms with Crippen LogP contribution in [0.3, 0.4) is 0 Å². The lowest BCUT2D eigenvalue weighted by atomic mass is 10.2. The highest BCUT2D eigenvalue weighted by atomic mass is 35.5. The van der Waals surface area contributed by atoms with Gasteiger partial charge in [-0.2, -0.15) is 11.8 Å². The fraction of sp³-hybridized carbons (Fsp3) is 0.455. The first-order valence-corrected chi connectivity index (χ1v) is 6.78. The zero-order chi connectivity index (χ0) is 11.3. The summed E-state index contributed by atoms with van der Waals surface area (Å²) in [6.07, 6.45) is 0. The first-order chi connectivity index (χ1) is 7.15. The van der Waals surface area contributed by atoms with E-state index < -0.39 is 0 Å². The van der Waals surface area contributed by atoms with Gasteiger partial charge in [0.05, 0.1) is 0 Å². The van der Waals surface area contributed by atoms with Crippen molar-refractivity contribution in [1.29, 1.82) is 0 Å². The second-order valence-corrected chi connectivity index (χ2v) is 5.22. The fourth-order valence-corrected chi connectivity index (χ4v) is 2.76. The zero-order valence-corrected chi connectivity index (χ0v) is 10.8. The molecule has 0 aliphatic heterocycles. The van der Waals surface area contributed by atoms with E-state index in [1.165, 1.54) is 6.07 Å². The number of rotatable bonds is 5. The Labute approximate surface area is 104 Å². The second-order valence-electron chi connectivity index (χ2n) is 3.47. The normalized spacial score (nSPS) is 12.8. The molecule has 0 aromatic heterocycles. The van der Waals surface area contributed by atoms with Gasteiger partial charge in [-0.15, -0.1) is 11.6 Å². The molecule has 0 spiro atoms. The third-order valence-electron chi connectivity index (χ3n) is 1.97. The lowest BCUT2D eigenvalue weighted by Crippen LogP contribution is -2.00. The molecule has 84 valence electrons. The maximum atomic E-state index is 13.3. The van der Waals surface area contributed by atoms with Gasteiger partial charge >= 0.3 is 0 Å². The Kier molecular flexibility index (Phi) is 5.80. The highest BCUT2D eigenvalue weighted by Crippen LogP contribution is 2.24. The van der Waals surface area contributed by atoms with Gasteiger partial charge in [0.15, 0.2) is 0 Å². The van der Waals surface area contributed by atoms with Crippen LogP contribution >= 0.6 is 35.0 Å². The summed E-state index contributed by atoms with van der Waals surface area (Å²) in [5.74, 6) is 2.38. The van der Waals surface area contributed by atoms with Crippen molar-refractivity contribution in [1.82, 2.24) is 0 Å². The van der Waals surface area contributed by atoms with Crippen LogP contribution < -0.4 is 0 Å². The molecule has 1 rings (SSSR count). The quantitative estimate of drug-likeness (QED) is 0.703. The van der Waals surface area contributed by atoms with E-state index in [4.69, 9.17) is 23.2 Å². The van der Waals surface area contributed by atoms with Crippen LogP contribution in [0.25, 0.3) is 0 Å². The molecule has 0 bridgehead atoms. The van der Waals surface area contributed by atoms with Gasteiger partial charge in [-0.05, 0) is 23.8 Å². The van der Waals surface area contributed by atoms with Crippen LogP contribution in [0.2, 0.25) is 5.02 Å². The van der Waals surface area contributed by atoms with Crippen molar-refractivity contribution in [2.45, 2.75) is 12.7 Å². The molecule has 0 saturated carbocycles. The molecule has 0 aliphatic rings. The number of alkyl halides is 1. The molecule has 15 heavy (non-hydrogen) atoms. The summed E-state index contributed by atoms with van der Waals surface area (Å²) in [6.45, 7) is 2.07. The topological polar surface area (TPSA) is 0 Å². The molecule has 1 unspecified atom stereocenters. The Balaban J connectivity index is 2.50. The molecule has 0 amide bonds. The minimum atomic E-state index is -0.228. The van der Waals surface area contributed by atoms with Gasteiger partial charge in [-0.1, -0.05) is 24.6 Å². The van der Waals surface area contributed by atoms with E-state index in [0.29, 0.717) is 28.1 Å². The molecule has 1 aromatic rings. The van der Waals surface area contributed by atoms with Crippen LogP contribution in [0.15, 0.2) is 18.2 Å². The standard InChI is InChI=1S/C11H13Cl2FS/c1-8(5-12)6-15-7-9-10(13)3-2-4-11(9)14/h2-4,8H,5-7H2,1H3. The third-order valence-corrected chi connectivity index (χ3v) is 4.15. The average Bonchev–Trinajstić information content (AvgIpc) is 2.22. The number of hydrogen-bond donors (Lipinski definition) is 0. The lowest BCUT2D eigenvalue weighted by Gasteiger charge is -2.08. The molecule has 0 nitrogen and oxygen atoms in total. The van der Waals surface area contributed by atoms with E-state index >= 15 is 0 Å². The number of halogens is 3. The second kappa shape index (κ2) is 6.62. The molecule has 0 heterocycles. The Hall–Kier alpha value is 0.0800. The van der Waals surface area contributed by atoms with Crippen LogP contribution in [-0.4, -0.2) is 11.6 Å². The summed E-state index contributed by atoms with van der Waals surface area (Å²) < 4.78 is 13.3. The van der Waals surface area contributed by atoms with Crippen molar-refractivity contribution in [3.05, 3.63) is 34.6 Å². The summed E-state index contributed by atoms with van der Waals surface area (Å²) in [6, 6.07) is 4.77. The molecule has 0 radical (unpaired) electrons. The Morgan fingerprint density at radius 3 is 2.80 bits per heavy atom. The van der Waals surface area contributed by atoms with Crippen molar-refractivity contribution in [3.63, 3.8) is 0 Å². The van der Waals surface area contributed by atoms with Crippen molar-refractivity contribution < 1.29 is 4.39 Å². The largest absolute Gasteiger partial charge is 0.207 e. The molecule has 1 atom stereocenters. The maximum Gasteiger partial charge on any atom is 0.128 e. The Morgan fingerprint density at radius 2 is 2.20 bits per heavy atom. The average molecular weight is 267 g/mol. The van der Waals surface area contributed by atoms with E-state index in [1.54, 1.807) is 23.9 Å². The molecule has 4 heteroatoms. The zero-order valence-electron chi connectivity index (χ0n) is 8.47. The molecule has 0 fully saturated rings. The van der Waals surface area contributed by atoms with Gasteiger partial charge in [0.2, 0.25) is 0 Å². The van der Waals surface area contributed by atoms with Crippen molar-refractivity contribution in [2.24, 2.45) is 5.92 Å². The van der Waals surface area contributed by atoms with Crippen LogP contribution in [0.1, 0.15) is 12.5 Å². The minimum absolute atomic E-state index is 0.228. The highest BCUT2D eigenvalue weighted by molar-refractivity contribution is 7.98. The summed E-state index contributed by atoms with van der Waals surface area (Å²) in [7, 11) is 0. The van der Waals surface area contributed by atoms with E-state index in [1.807, 2.05) is 0 Å². The van der Waals surface area contributed by atoms with Gasteiger partial charge in [-0.25, -0.2) is 4.39 Å². The first kappa shape index (κ1) is 13.1. The lowest BCUT2D eigenvalue weighted by molar-refractivity contribution is 0.617. The van der Waals surface area contributed by atoms with Gasteiger partial charge in [-0.3, -0.25) is 0 Å². The Morgan fingerprint density at radius 1 is 1.47 bits per heavy atom. The minimum Gasteiger partial charge on any atom is -0.207 e. The Bertz CT molecular complexity index is 297. The van der Waals surface area contributed by atoms with E-state index in [2.05, 4.69) is 6.92 Å². The predicted octanol–water partition coefficient (Wildman–Crippen LogP) is 4.59. The number of benzene rings is 1. The van der Waals surface area contributed by atoms with Crippen LogP contribution in [-0.2, 0) is 5.75 Å². The van der Waals surface area contributed by atoms with Crippen LogP contribution in [0.4, 0.5) is 4.39 Å². The molecule has 1 aromatic carbocycles. The molecule has 0 saturated heterocycles. The SMILES string of the molecule is CC(CCl)CSCc1c(F)cccc1Cl. The van der Waals surface area contributed by atoms with Crippen molar-refractivity contribution in [3.8, 4) is 0 Å². The maximum absolute atomic E-state index is 13.3. The summed E-state index contributed by atoms with van der Waals surface area (Å²) in [5.41, 5.74) is 0.589. The molecule has 0 N–H and O–H groups in total. The summed E-state index contributed by atoms with van der Waals surface area (Å²) >= 11 is 13.2. The smallest absolute Gasteiger partial charge is 0.128 e. The van der Waals surface area contributed by atoms with Gasteiger partial charge < -0.3 is 0 Å². The van der Waals surface area contributed by atoms with E-state index in [0.717, 1.165) is 5.75 Å². The molecular formula is C11H13Cl2FS. The molecular weight excluding hydrogens is 254 g/mol. The van der Waals surface area contributed by atoms with Gasteiger partial charge in [0, 0.05) is 22.2 Å². The van der Waals surface area contributed by atoms with Gasteiger partial charge in [0.1, 0.15) is 5.82 Å². The summed E-state index contributed by atoms with van der Waals surface area (Å²) in [4.78, 5) is 0. The number of thioether (sulfide) groups is 1. The van der Waals surface area contributed by atoms with Crippen molar-refractivity contribution >= 4 is 35.0 Å². The van der Waals surface area contributed by atoms with E-state index in [9.17, 15) is 4.39 Å². The van der Waals surface area contributed by atoms with E-state index in [-0.39, 0.29) is 5.82 Å². The van der Waals surface area contributed by atoms with Crippen molar-refractivity contribution in [2.75, 3.05) is 11.6 Å². The molecule has 0 aliphatic carbocycles. The predicted molar refractivity (Wildman–Crippen MR) is 67.5 cm³/mol. The third kappa shape index (κ3) is 4.21. The van der Waals surface area contributed by atoms with Crippen LogP contribution in [0, 0.1) is 11.7 Å². The highest BCUT2D eigenvalue weighted by Gasteiger charge is 2.07. The van der Waals surface area contributed by atoms with Gasteiger partial charge in [0.25, 0.3) is 0 Å². The fourth-order valence-electron chi connectivity index (χ4n) is 1.08. The summed E-state index contributed by atoms with van der Waals surface area (Å²) in [5, 5.41) is 0.501. The first-order valence-electron chi connectivity index (χ1n) is 4.71. The van der Waals surface area contributed by atoms with Crippen LogP contribution in [0.5, 0.6) is 0 Å².